The molecule has 0 aliphatic rings. The molecule has 0 rings (SSSR count). The first-order valence-corrected chi connectivity index (χ1v) is 33.5. The van der Waals surface area contributed by atoms with Gasteiger partial charge in [-0.1, -0.05) is 299 Å². The maximum atomic E-state index is 12.9. The first kappa shape index (κ1) is 76.0. The summed E-state index contributed by atoms with van der Waals surface area (Å²) >= 11 is 0. The number of unbranched alkanes of at least 4 members (excludes halogenated alkanes) is 37. The molecule has 0 aliphatic carbocycles. The third kappa shape index (κ3) is 62.4. The molecule has 0 radical (unpaired) electrons. The van der Waals surface area contributed by atoms with Crippen molar-refractivity contribution in [3.63, 3.8) is 0 Å². The number of carboxylic acids is 1. The summed E-state index contributed by atoms with van der Waals surface area (Å²) in [6, 6.07) is 0. The summed E-state index contributed by atoms with van der Waals surface area (Å²) in [7, 11) is 5.98. The van der Waals surface area contributed by atoms with Crippen molar-refractivity contribution in [3.05, 3.63) is 60.8 Å². The fourth-order valence-corrected chi connectivity index (χ4v) is 9.69. The van der Waals surface area contributed by atoms with Crippen LogP contribution in [0, 0.1) is 0 Å². The molecule has 0 aromatic heterocycles. The molecule has 0 aromatic carbocycles. The van der Waals surface area contributed by atoms with E-state index in [0.29, 0.717) is 17.4 Å². The molecule has 0 fully saturated rings. The van der Waals surface area contributed by atoms with Crippen molar-refractivity contribution in [2.24, 2.45) is 0 Å². The number of carboxylic acid groups (broad SMARTS) is 1. The number of aliphatic carboxylic acids is 1. The SMILES string of the molecule is CC/C=C\C/C=C\C/C=C\C/C=C\C/C=C\CCCCCCCCCCCCCCCCCCCC(=O)OC(COC(=O)CCCCCCCCCCCCCCCCCCCCCCC)COC(OCC[N+](C)(C)C)C(=O)O. The number of rotatable bonds is 62. The summed E-state index contributed by atoms with van der Waals surface area (Å²) in [6.45, 7) is 4.82. The number of hydrogen-bond donors (Lipinski definition) is 1. The lowest BCUT2D eigenvalue weighted by atomic mass is 10.0. The van der Waals surface area contributed by atoms with E-state index in [4.69, 9.17) is 18.9 Å². The van der Waals surface area contributed by atoms with Crippen LogP contribution in [0.1, 0.15) is 309 Å². The van der Waals surface area contributed by atoms with Crippen LogP contribution >= 0.6 is 0 Å². The van der Waals surface area contributed by atoms with Crippen LogP contribution in [0.15, 0.2) is 60.8 Å². The van der Waals surface area contributed by atoms with Crippen molar-refractivity contribution in [1.82, 2.24) is 0 Å². The fourth-order valence-electron chi connectivity index (χ4n) is 9.69. The van der Waals surface area contributed by atoms with E-state index in [1.54, 1.807) is 0 Å². The Labute approximate surface area is 488 Å². The Hall–Kier alpha value is -3.01. The van der Waals surface area contributed by atoms with Crippen molar-refractivity contribution < 1.29 is 42.9 Å². The van der Waals surface area contributed by atoms with Crippen LogP contribution in [-0.2, 0) is 33.3 Å². The first-order chi connectivity index (χ1) is 38.6. The van der Waals surface area contributed by atoms with E-state index in [1.807, 2.05) is 21.1 Å². The van der Waals surface area contributed by atoms with Gasteiger partial charge in [-0.25, -0.2) is 4.79 Å². The van der Waals surface area contributed by atoms with Crippen LogP contribution in [0.4, 0.5) is 0 Å². The number of quaternary nitrogens is 1. The number of esters is 2. The maximum absolute atomic E-state index is 12.9. The molecule has 9 heteroatoms. The average molecular weight is 1110 g/mol. The van der Waals surface area contributed by atoms with Gasteiger partial charge in [0.1, 0.15) is 13.2 Å². The molecule has 0 saturated carbocycles. The van der Waals surface area contributed by atoms with Crippen molar-refractivity contribution in [2.75, 3.05) is 47.5 Å². The maximum Gasteiger partial charge on any atom is 0.361 e. The minimum absolute atomic E-state index is 0.178. The molecule has 0 aromatic rings. The largest absolute Gasteiger partial charge is 0.477 e. The molecule has 2 atom stereocenters. The summed E-state index contributed by atoms with van der Waals surface area (Å²) in [4.78, 5) is 37.6. The zero-order chi connectivity index (χ0) is 57.6. The molecule has 1 N–H and O–H groups in total. The van der Waals surface area contributed by atoms with E-state index >= 15 is 0 Å². The van der Waals surface area contributed by atoms with Crippen LogP contribution < -0.4 is 0 Å². The Balaban J connectivity index is 4.09. The van der Waals surface area contributed by atoms with Gasteiger partial charge in [0.25, 0.3) is 6.29 Å². The molecule has 0 bridgehead atoms. The zero-order valence-electron chi connectivity index (χ0n) is 52.5. The lowest BCUT2D eigenvalue weighted by Crippen LogP contribution is -2.40. The number of nitrogens with zero attached hydrogens (tertiary/aromatic N) is 1. The molecule has 2 unspecified atom stereocenters. The standard InChI is InChI=1S/C70H127NO8/c1-6-8-10-12-14-16-18-20-22-24-26-28-29-30-31-32-33-34-35-36-37-38-39-41-43-45-47-49-51-53-55-57-59-61-68(73)79-66(65-78-70(69(74)75)76-63-62-71(3,4)5)64-77-67(72)60-58-56-54-52-50-48-46-44-42-40-27-25-23-21-19-17-15-13-11-9-7-2/h8,10,14,16,20,22,26,28,30-31,66,70H,6-7,9,11-13,15,17-19,21,23-25,27,29,32-65H2,1-5H3/p+1/b10-8-,16-14-,22-20-,28-26-,31-30-. The highest BCUT2D eigenvalue weighted by atomic mass is 16.7. The van der Waals surface area contributed by atoms with E-state index in [0.717, 1.165) is 70.6 Å². The zero-order valence-corrected chi connectivity index (χ0v) is 52.5. The van der Waals surface area contributed by atoms with Gasteiger partial charge in [0.15, 0.2) is 6.10 Å². The molecule has 0 spiro atoms. The Morgan fingerprint density at radius 2 is 0.722 bits per heavy atom. The third-order valence-corrected chi connectivity index (χ3v) is 14.8. The molecule has 460 valence electrons. The lowest BCUT2D eigenvalue weighted by molar-refractivity contribution is -0.870. The predicted octanol–water partition coefficient (Wildman–Crippen LogP) is 20.4. The van der Waals surface area contributed by atoms with Crippen LogP contribution in [0.2, 0.25) is 0 Å². The second kappa shape index (κ2) is 61.1. The van der Waals surface area contributed by atoms with Crippen molar-refractivity contribution in [2.45, 2.75) is 322 Å². The Morgan fingerprint density at radius 3 is 1.08 bits per heavy atom. The average Bonchev–Trinajstić information content (AvgIpc) is 3.42. The topological polar surface area (TPSA) is 108 Å². The minimum atomic E-state index is -1.51. The summed E-state index contributed by atoms with van der Waals surface area (Å²) in [5.74, 6) is -1.98. The highest BCUT2D eigenvalue weighted by Gasteiger charge is 2.25. The molecular formula is C70H128NO8+. The molecule has 0 aliphatic heterocycles. The quantitative estimate of drug-likeness (QED) is 0.0211. The van der Waals surface area contributed by atoms with Crippen LogP contribution in [-0.4, -0.2) is 87.4 Å². The van der Waals surface area contributed by atoms with Gasteiger partial charge in [-0.3, -0.25) is 9.59 Å². The number of carbonyl (C=O) groups excluding carboxylic acids is 2. The van der Waals surface area contributed by atoms with Gasteiger partial charge in [0.05, 0.1) is 34.4 Å². The van der Waals surface area contributed by atoms with Crippen LogP contribution in [0.5, 0.6) is 0 Å². The molecular weight excluding hydrogens is 983 g/mol. The Bertz CT molecular complexity index is 1480. The molecule has 0 amide bonds. The number of likely N-dealkylation sites (N-methyl/N-ethyl adjacent to an activating group) is 1. The van der Waals surface area contributed by atoms with Gasteiger partial charge in [-0.2, -0.15) is 0 Å². The number of ether oxygens (including phenoxy) is 4. The molecule has 9 nitrogen and oxygen atoms in total. The third-order valence-electron chi connectivity index (χ3n) is 14.8. The van der Waals surface area contributed by atoms with Gasteiger partial charge in [-0.05, 0) is 57.8 Å². The van der Waals surface area contributed by atoms with Crippen molar-refractivity contribution >= 4 is 17.9 Å². The highest BCUT2D eigenvalue weighted by Crippen LogP contribution is 2.18. The molecule has 0 saturated heterocycles. The second-order valence-corrected chi connectivity index (χ2v) is 23.8. The minimum Gasteiger partial charge on any atom is -0.477 e. The number of carbonyl (C=O) groups is 3. The van der Waals surface area contributed by atoms with Gasteiger partial charge in [0.2, 0.25) is 0 Å². The summed E-state index contributed by atoms with van der Waals surface area (Å²) in [5.41, 5.74) is 0. The molecule has 0 heterocycles. The summed E-state index contributed by atoms with van der Waals surface area (Å²) in [6.07, 6.45) is 76.1. The van der Waals surface area contributed by atoms with Crippen LogP contribution in [0.25, 0.3) is 0 Å². The normalized spacial score (nSPS) is 13.1. The predicted molar refractivity (Wildman–Crippen MR) is 336 cm³/mol. The van der Waals surface area contributed by atoms with Crippen molar-refractivity contribution in [1.29, 1.82) is 0 Å². The van der Waals surface area contributed by atoms with Gasteiger partial charge in [-0.15, -0.1) is 0 Å². The fraction of sp³-hybridized carbons (Fsp3) is 0.814. The lowest BCUT2D eigenvalue weighted by Gasteiger charge is -2.25. The van der Waals surface area contributed by atoms with Gasteiger partial charge < -0.3 is 28.5 Å². The van der Waals surface area contributed by atoms with E-state index in [-0.39, 0.29) is 38.2 Å². The van der Waals surface area contributed by atoms with Gasteiger partial charge in [0, 0.05) is 12.8 Å². The van der Waals surface area contributed by atoms with Crippen LogP contribution in [0.3, 0.4) is 0 Å². The second-order valence-electron chi connectivity index (χ2n) is 23.8. The Kier molecular flexibility index (Phi) is 58.7. The van der Waals surface area contributed by atoms with E-state index < -0.39 is 18.4 Å². The summed E-state index contributed by atoms with van der Waals surface area (Å²) < 4.78 is 23.0. The monoisotopic (exact) mass is 1110 g/mol. The van der Waals surface area contributed by atoms with E-state index in [1.165, 1.54) is 212 Å². The van der Waals surface area contributed by atoms with Gasteiger partial charge >= 0.3 is 17.9 Å². The number of allylic oxidation sites excluding steroid dienone is 10. The van der Waals surface area contributed by atoms with Crippen molar-refractivity contribution in [3.8, 4) is 0 Å². The first-order valence-electron chi connectivity index (χ1n) is 33.5. The highest BCUT2D eigenvalue weighted by molar-refractivity contribution is 5.71. The number of hydrogen-bond acceptors (Lipinski definition) is 7. The molecule has 79 heavy (non-hydrogen) atoms. The van der Waals surface area contributed by atoms with E-state index in [2.05, 4.69) is 74.6 Å². The summed E-state index contributed by atoms with van der Waals surface area (Å²) in [5, 5.41) is 9.73. The van der Waals surface area contributed by atoms with E-state index in [9.17, 15) is 19.5 Å². The smallest absolute Gasteiger partial charge is 0.361 e. The Morgan fingerprint density at radius 1 is 0.392 bits per heavy atom.